The van der Waals surface area contributed by atoms with Crippen LogP contribution in [0.1, 0.15) is 49.4 Å². The van der Waals surface area contributed by atoms with Crippen LogP contribution >= 0.6 is 0 Å². The van der Waals surface area contributed by atoms with Gasteiger partial charge in [-0.25, -0.2) is 0 Å². The minimum absolute atomic E-state index is 0.173. The van der Waals surface area contributed by atoms with Gasteiger partial charge in [-0.05, 0) is 50.3 Å². The fourth-order valence-corrected chi connectivity index (χ4v) is 2.94. The Morgan fingerprint density at radius 3 is 2.40 bits per heavy atom. The van der Waals surface area contributed by atoms with Crippen molar-refractivity contribution < 1.29 is 9.90 Å². The Balaban J connectivity index is 2.71. The highest BCUT2D eigenvalue weighted by molar-refractivity contribution is 6.23. The number of hydrogen-bond acceptors (Lipinski definition) is 2. The van der Waals surface area contributed by atoms with Gasteiger partial charge in [0.2, 0.25) is 0 Å². The van der Waals surface area contributed by atoms with Gasteiger partial charge in [-0.15, -0.1) is 0 Å². The van der Waals surface area contributed by atoms with Crippen LogP contribution in [-0.4, -0.2) is 16.6 Å². The lowest BCUT2D eigenvalue weighted by molar-refractivity contribution is -0.116. The second-order valence-electron chi connectivity index (χ2n) is 5.83. The lowest BCUT2D eigenvalue weighted by atomic mass is 9.89. The molecule has 1 amide bonds. The molecule has 1 unspecified atom stereocenters. The van der Waals surface area contributed by atoms with Gasteiger partial charge in [-0.2, -0.15) is 0 Å². The van der Waals surface area contributed by atoms with Crippen LogP contribution in [0.15, 0.2) is 17.9 Å². The van der Waals surface area contributed by atoms with E-state index in [1.54, 1.807) is 0 Å². The van der Waals surface area contributed by atoms with E-state index in [2.05, 4.69) is 31.3 Å². The molecule has 108 valence electrons. The Hall–Kier alpha value is -1.77. The van der Waals surface area contributed by atoms with Gasteiger partial charge in [0, 0.05) is 0 Å². The first-order valence-corrected chi connectivity index (χ1v) is 7.20. The van der Waals surface area contributed by atoms with Crippen molar-refractivity contribution in [3.05, 3.63) is 40.1 Å². The van der Waals surface area contributed by atoms with E-state index in [1.165, 1.54) is 5.56 Å². The van der Waals surface area contributed by atoms with Crippen LogP contribution < -0.4 is 5.32 Å². The van der Waals surface area contributed by atoms with E-state index in [4.69, 9.17) is 0 Å². The minimum Gasteiger partial charge on any atom is -0.509 e. The second-order valence-corrected chi connectivity index (χ2v) is 5.83. The molecule has 0 spiro atoms. The summed E-state index contributed by atoms with van der Waals surface area (Å²) in [5.41, 5.74) is 4.03. The molecule has 1 aromatic carbocycles. The summed E-state index contributed by atoms with van der Waals surface area (Å²) < 4.78 is 0. The summed E-state index contributed by atoms with van der Waals surface area (Å²) in [6.07, 6.45) is 1.51. The third-order valence-corrected chi connectivity index (χ3v) is 4.28. The Bertz CT molecular complexity index is 601. The first kappa shape index (κ1) is 14.6. The van der Waals surface area contributed by atoms with Gasteiger partial charge in [-0.1, -0.05) is 31.5 Å². The normalized spacial score (nSPS) is 22.4. The number of aliphatic hydroxyl groups is 1. The number of rotatable bonds is 3. The van der Waals surface area contributed by atoms with E-state index in [1.807, 2.05) is 20.8 Å². The fraction of sp³-hybridized carbons (Fsp3) is 0.471. The third kappa shape index (κ3) is 2.11. The first-order chi connectivity index (χ1) is 9.34. The number of nitrogens with one attached hydrogen (secondary N) is 1. The average Bonchev–Trinajstić information content (AvgIpc) is 2.61. The van der Waals surface area contributed by atoms with Crippen molar-refractivity contribution in [1.82, 2.24) is 5.32 Å². The zero-order valence-electron chi connectivity index (χ0n) is 12.9. The molecule has 0 fully saturated rings. The van der Waals surface area contributed by atoms with Crippen LogP contribution in [0.5, 0.6) is 0 Å². The van der Waals surface area contributed by atoms with E-state index in [-0.39, 0.29) is 11.7 Å². The maximum Gasteiger partial charge on any atom is 0.256 e. The van der Waals surface area contributed by atoms with Crippen LogP contribution in [0, 0.1) is 13.8 Å². The van der Waals surface area contributed by atoms with Gasteiger partial charge in [0.1, 0.15) is 5.76 Å². The summed E-state index contributed by atoms with van der Waals surface area (Å²) in [5.74, 6) is 0.000145. The molecule has 0 saturated carbocycles. The van der Waals surface area contributed by atoms with Crippen molar-refractivity contribution in [2.45, 2.75) is 53.0 Å². The van der Waals surface area contributed by atoms with E-state index < -0.39 is 5.54 Å². The van der Waals surface area contributed by atoms with Crippen molar-refractivity contribution in [2.75, 3.05) is 0 Å². The van der Waals surface area contributed by atoms with E-state index in [0.29, 0.717) is 12.0 Å². The van der Waals surface area contributed by atoms with E-state index >= 15 is 0 Å². The van der Waals surface area contributed by atoms with Gasteiger partial charge in [0.05, 0.1) is 11.1 Å². The summed E-state index contributed by atoms with van der Waals surface area (Å²) in [7, 11) is 0. The fourth-order valence-electron chi connectivity index (χ4n) is 2.94. The molecular weight excluding hydrogens is 250 g/mol. The SMILES string of the molecule is CCc1cc(C)cc(C)c1C1=C(O)C(C)(CC)NC1=O. The smallest absolute Gasteiger partial charge is 0.256 e. The monoisotopic (exact) mass is 273 g/mol. The maximum atomic E-state index is 12.3. The van der Waals surface area contributed by atoms with Gasteiger partial charge in [-0.3, -0.25) is 4.79 Å². The van der Waals surface area contributed by atoms with Crippen molar-refractivity contribution >= 4 is 11.5 Å². The number of carbonyl (C=O) groups is 1. The summed E-state index contributed by atoms with van der Waals surface area (Å²) in [5, 5.41) is 13.5. The van der Waals surface area contributed by atoms with Crippen LogP contribution in [0.4, 0.5) is 0 Å². The van der Waals surface area contributed by atoms with Crippen LogP contribution in [-0.2, 0) is 11.2 Å². The van der Waals surface area contributed by atoms with Gasteiger partial charge < -0.3 is 10.4 Å². The molecule has 1 aliphatic rings. The number of carbonyl (C=O) groups excluding carboxylic acids is 1. The lowest BCUT2D eigenvalue weighted by Crippen LogP contribution is -2.40. The van der Waals surface area contributed by atoms with Gasteiger partial charge >= 0.3 is 0 Å². The van der Waals surface area contributed by atoms with Crippen molar-refractivity contribution in [1.29, 1.82) is 0 Å². The maximum absolute atomic E-state index is 12.3. The molecule has 1 aliphatic heterocycles. The number of amides is 1. The second kappa shape index (κ2) is 4.97. The van der Waals surface area contributed by atoms with Crippen LogP contribution in [0.3, 0.4) is 0 Å². The number of hydrogen-bond donors (Lipinski definition) is 2. The quantitative estimate of drug-likeness (QED) is 0.886. The first-order valence-electron chi connectivity index (χ1n) is 7.20. The molecule has 2 N–H and O–H groups in total. The van der Waals surface area contributed by atoms with Crippen LogP contribution in [0.2, 0.25) is 0 Å². The molecule has 0 radical (unpaired) electrons. The van der Waals surface area contributed by atoms with Crippen molar-refractivity contribution in [3.63, 3.8) is 0 Å². The number of benzene rings is 1. The Labute approximate surface area is 120 Å². The van der Waals surface area contributed by atoms with Crippen molar-refractivity contribution in [3.8, 4) is 0 Å². The Kier molecular flexibility index (Phi) is 3.63. The standard InChI is InChI=1S/C17H23NO2/c1-6-12-9-10(3)8-11(4)13(12)14-15(19)17(5,7-2)18-16(14)20/h8-9,19H,6-7H2,1-5H3,(H,18,20). The average molecular weight is 273 g/mol. The summed E-state index contributed by atoms with van der Waals surface area (Å²) in [6, 6.07) is 4.15. The highest BCUT2D eigenvalue weighted by Gasteiger charge is 2.41. The highest BCUT2D eigenvalue weighted by atomic mass is 16.3. The summed E-state index contributed by atoms with van der Waals surface area (Å²) in [4.78, 5) is 12.3. The predicted octanol–water partition coefficient (Wildman–Crippen LogP) is 3.43. The van der Waals surface area contributed by atoms with Crippen LogP contribution in [0.25, 0.3) is 5.57 Å². The largest absolute Gasteiger partial charge is 0.509 e. The molecule has 0 bridgehead atoms. The minimum atomic E-state index is -0.644. The Morgan fingerprint density at radius 1 is 1.25 bits per heavy atom. The molecule has 1 heterocycles. The molecule has 3 nitrogen and oxygen atoms in total. The van der Waals surface area contributed by atoms with Gasteiger partial charge in [0.15, 0.2) is 0 Å². The number of aryl methyl sites for hydroxylation is 3. The molecule has 20 heavy (non-hydrogen) atoms. The zero-order chi connectivity index (χ0) is 15.1. The molecule has 0 aromatic heterocycles. The third-order valence-electron chi connectivity index (χ3n) is 4.28. The van der Waals surface area contributed by atoms with Gasteiger partial charge in [0.25, 0.3) is 5.91 Å². The topological polar surface area (TPSA) is 49.3 Å². The lowest BCUT2D eigenvalue weighted by Gasteiger charge is -2.22. The molecule has 0 saturated heterocycles. The molecule has 0 aliphatic carbocycles. The Morgan fingerprint density at radius 2 is 1.90 bits per heavy atom. The molecular formula is C17H23NO2. The molecule has 3 heteroatoms. The zero-order valence-corrected chi connectivity index (χ0v) is 12.9. The van der Waals surface area contributed by atoms with E-state index in [0.717, 1.165) is 23.1 Å². The number of aliphatic hydroxyl groups excluding tert-OH is 1. The molecule has 1 atom stereocenters. The summed E-state index contributed by atoms with van der Waals surface area (Å²) >= 11 is 0. The van der Waals surface area contributed by atoms with E-state index in [9.17, 15) is 9.90 Å². The summed E-state index contributed by atoms with van der Waals surface area (Å²) in [6.45, 7) is 9.94. The van der Waals surface area contributed by atoms with Crippen molar-refractivity contribution in [2.24, 2.45) is 0 Å². The highest BCUT2D eigenvalue weighted by Crippen LogP contribution is 2.36. The molecule has 1 aromatic rings. The predicted molar refractivity (Wildman–Crippen MR) is 81.7 cm³/mol. The molecule has 2 rings (SSSR count).